The summed E-state index contributed by atoms with van der Waals surface area (Å²) in [6.45, 7) is -0.623. The average Bonchev–Trinajstić information content (AvgIpc) is 2.33. The molecule has 0 unspecified atom stereocenters. The van der Waals surface area contributed by atoms with Crippen LogP contribution in [0.3, 0.4) is 0 Å². The molecule has 0 fully saturated rings. The molecular weight excluding hydrogens is 309 g/mol. The molecule has 0 radical (unpaired) electrons. The van der Waals surface area contributed by atoms with E-state index in [9.17, 15) is 28.1 Å². The molecule has 0 aliphatic carbocycles. The molecule has 1 aromatic rings. The lowest BCUT2D eigenvalue weighted by atomic mass is 10.4. The molecule has 110 valence electrons. The number of alkyl halides is 3. The molecule has 0 aromatic carbocycles. The number of nitro groups is 1. The van der Waals surface area contributed by atoms with E-state index in [0.717, 1.165) is 7.11 Å². The van der Waals surface area contributed by atoms with E-state index in [4.69, 9.17) is 11.6 Å². The number of aromatic nitrogens is 2. The van der Waals surface area contributed by atoms with Gasteiger partial charge >= 0.3 is 17.8 Å². The van der Waals surface area contributed by atoms with E-state index in [1.54, 1.807) is 0 Å². The Balaban J connectivity index is 3.26. The van der Waals surface area contributed by atoms with Gasteiger partial charge in [0.25, 0.3) is 0 Å². The zero-order valence-corrected chi connectivity index (χ0v) is 10.4. The van der Waals surface area contributed by atoms with Crippen molar-refractivity contribution in [3.8, 4) is 0 Å². The number of methoxy groups -OCH3 is 1. The monoisotopic (exact) mass is 314 g/mol. The van der Waals surface area contributed by atoms with Crippen LogP contribution in [0.4, 0.5) is 24.7 Å². The molecule has 0 spiro atoms. The normalized spacial score (nSPS) is 11.1. The summed E-state index contributed by atoms with van der Waals surface area (Å²) in [5.74, 6) is -3.35. The van der Waals surface area contributed by atoms with Gasteiger partial charge in [-0.15, -0.1) is 0 Å². The van der Waals surface area contributed by atoms with Crippen molar-refractivity contribution >= 4 is 29.1 Å². The summed E-state index contributed by atoms with van der Waals surface area (Å²) >= 11 is 5.34. The first kappa shape index (κ1) is 15.9. The van der Waals surface area contributed by atoms with Crippen molar-refractivity contribution in [2.45, 2.75) is 6.18 Å². The Bertz CT molecular complexity index is 551. The number of hydrogen-bond donors (Lipinski definition) is 1. The van der Waals surface area contributed by atoms with Crippen LogP contribution in [0.15, 0.2) is 0 Å². The summed E-state index contributed by atoms with van der Waals surface area (Å²) in [6, 6.07) is 0. The maximum Gasteiger partial charge on any atom is 0.451 e. The van der Waals surface area contributed by atoms with Crippen LogP contribution in [0.2, 0.25) is 5.15 Å². The number of halogens is 4. The molecule has 0 atom stereocenters. The van der Waals surface area contributed by atoms with Crippen molar-refractivity contribution in [1.82, 2.24) is 9.97 Å². The topological polar surface area (TPSA) is 107 Å². The van der Waals surface area contributed by atoms with E-state index in [0.29, 0.717) is 0 Å². The minimum Gasteiger partial charge on any atom is -0.468 e. The summed E-state index contributed by atoms with van der Waals surface area (Å²) in [6.07, 6.45) is -4.94. The fourth-order valence-corrected chi connectivity index (χ4v) is 1.31. The van der Waals surface area contributed by atoms with Gasteiger partial charge in [-0.05, 0) is 0 Å². The molecule has 0 amide bonds. The van der Waals surface area contributed by atoms with E-state index < -0.39 is 46.1 Å². The van der Waals surface area contributed by atoms with Crippen LogP contribution >= 0.6 is 11.6 Å². The van der Waals surface area contributed by atoms with Crippen molar-refractivity contribution in [1.29, 1.82) is 0 Å². The molecule has 12 heteroatoms. The minimum absolute atomic E-state index is 0.623. The van der Waals surface area contributed by atoms with Crippen molar-refractivity contribution in [2.75, 3.05) is 19.0 Å². The van der Waals surface area contributed by atoms with Crippen molar-refractivity contribution < 1.29 is 27.6 Å². The van der Waals surface area contributed by atoms with E-state index in [2.05, 4.69) is 14.7 Å². The van der Waals surface area contributed by atoms with Gasteiger partial charge in [0, 0.05) is 0 Å². The zero-order valence-electron chi connectivity index (χ0n) is 9.69. The molecule has 0 aliphatic rings. The van der Waals surface area contributed by atoms with Gasteiger partial charge in [0.2, 0.25) is 16.8 Å². The predicted octanol–water partition coefficient (Wildman–Crippen LogP) is 1.64. The molecule has 0 saturated heterocycles. The van der Waals surface area contributed by atoms with Gasteiger partial charge in [0.05, 0.1) is 12.0 Å². The highest BCUT2D eigenvalue weighted by atomic mass is 35.5. The third-order valence-electron chi connectivity index (χ3n) is 1.91. The Labute approximate surface area is 114 Å². The van der Waals surface area contributed by atoms with E-state index >= 15 is 0 Å². The fraction of sp³-hybridized carbons (Fsp3) is 0.375. The molecule has 1 aromatic heterocycles. The lowest BCUT2D eigenvalue weighted by Gasteiger charge is -2.09. The smallest absolute Gasteiger partial charge is 0.451 e. The lowest BCUT2D eigenvalue weighted by molar-refractivity contribution is -0.384. The van der Waals surface area contributed by atoms with Gasteiger partial charge in [-0.25, -0.2) is 9.97 Å². The van der Waals surface area contributed by atoms with Gasteiger partial charge in [0.1, 0.15) is 6.54 Å². The first-order valence-corrected chi connectivity index (χ1v) is 5.14. The number of nitrogens with zero attached hydrogens (tertiary/aromatic N) is 3. The molecular formula is C8H6ClF3N4O4. The van der Waals surface area contributed by atoms with Gasteiger partial charge < -0.3 is 10.1 Å². The lowest BCUT2D eigenvalue weighted by Crippen LogP contribution is -2.19. The van der Waals surface area contributed by atoms with Gasteiger partial charge in [0.15, 0.2) is 0 Å². The third-order valence-corrected chi connectivity index (χ3v) is 2.17. The quantitative estimate of drug-likeness (QED) is 0.389. The molecule has 1 rings (SSSR count). The Kier molecular flexibility index (Phi) is 4.65. The molecule has 20 heavy (non-hydrogen) atoms. The standard InChI is InChI=1S/C8H6ClF3N4O4/c1-20-3(17)2-13-6-4(16(18)19)5(9)14-7(15-6)8(10,11)12/h2H2,1H3,(H,13,14,15). The molecule has 0 saturated carbocycles. The number of hydrogen-bond acceptors (Lipinski definition) is 7. The number of carbonyl (C=O) groups is 1. The first-order chi connectivity index (χ1) is 9.16. The van der Waals surface area contributed by atoms with Crippen LogP contribution in [0.1, 0.15) is 5.82 Å². The maximum atomic E-state index is 12.5. The zero-order chi connectivity index (χ0) is 15.5. The minimum atomic E-state index is -4.94. The van der Waals surface area contributed by atoms with Crippen molar-refractivity contribution in [3.05, 3.63) is 21.1 Å². The van der Waals surface area contributed by atoms with Crippen molar-refractivity contribution in [2.24, 2.45) is 0 Å². The summed E-state index contributed by atoms with van der Waals surface area (Å²) < 4.78 is 41.6. The number of carbonyl (C=O) groups excluding carboxylic acids is 1. The SMILES string of the molecule is COC(=O)CNc1nc(C(F)(F)F)nc(Cl)c1[N+](=O)[O-]. The third kappa shape index (κ3) is 3.66. The van der Waals surface area contributed by atoms with Crippen LogP contribution in [-0.4, -0.2) is 34.5 Å². The molecule has 0 aliphatic heterocycles. The van der Waals surface area contributed by atoms with E-state index in [1.165, 1.54) is 0 Å². The van der Waals surface area contributed by atoms with E-state index in [1.807, 2.05) is 5.32 Å². The number of esters is 1. The summed E-state index contributed by atoms with van der Waals surface area (Å²) in [5, 5.41) is 11.8. The number of ether oxygens (including phenoxy) is 1. The summed E-state index contributed by atoms with van der Waals surface area (Å²) in [5.41, 5.74) is -0.969. The van der Waals surface area contributed by atoms with Crippen molar-refractivity contribution in [3.63, 3.8) is 0 Å². The van der Waals surface area contributed by atoms with Crippen LogP contribution in [0.25, 0.3) is 0 Å². The second-order valence-electron chi connectivity index (χ2n) is 3.22. The van der Waals surface area contributed by atoms with Crippen LogP contribution in [0, 0.1) is 10.1 Å². The largest absolute Gasteiger partial charge is 0.468 e. The number of rotatable bonds is 4. The van der Waals surface area contributed by atoms with Crippen LogP contribution in [0.5, 0.6) is 0 Å². The van der Waals surface area contributed by atoms with Crippen LogP contribution in [-0.2, 0) is 15.7 Å². The highest BCUT2D eigenvalue weighted by Crippen LogP contribution is 2.34. The Hall–Kier alpha value is -2.17. The Morgan fingerprint density at radius 2 is 2.10 bits per heavy atom. The number of nitrogens with one attached hydrogen (secondary N) is 1. The summed E-state index contributed by atoms with van der Waals surface area (Å²) in [7, 11) is 1.03. The molecule has 8 nitrogen and oxygen atoms in total. The molecule has 1 N–H and O–H groups in total. The molecule has 0 bridgehead atoms. The summed E-state index contributed by atoms with van der Waals surface area (Å²) in [4.78, 5) is 26.3. The average molecular weight is 315 g/mol. The Morgan fingerprint density at radius 3 is 2.55 bits per heavy atom. The highest BCUT2D eigenvalue weighted by molar-refractivity contribution is 6.31. The maximum absolute atomic E-state index is 12.5. The second-order valence-corrected chi connectivity index (χ2v) is 3.58. The Morgan fingerprint density at radius 1 is 1.50 bits per heavy atom. The van der Waals surface area contributed by atoms with Gasteiger partial charge in [-0.2, -0.15) is 13.2 Å². The first-order valence-electron chi connectivity index (χ1n) is 4.76. The number of anilines is 1. The fourth-order valence-electron chi connectivity index (χ4n) is 1.07. The van der Waals surface area contributed by atoms with E-state index in [-0.39, 0.29) is 0 Å². The predicted molar refractivity (Wildman–Crippen MR) is 59.2 cm³/mol. The highest BCUT2D eigenvalue weighted by Gasteiger charge is 2.38. The second kappa shape index (κ2) is 5.86. The van der Waals surface area contributed by atoms with Crippen LogP contribution < -0.4 is 5.32 Å². The molecule has 1 heterocycles. The van der Waals surface area contributed by atoms with Gasteiger partial charge in [-0.1, -0.05) is 11.6 Å². The van der Waals surface area contributed by atoms with Gasteiger partial charge in [-0.3, -0.25) is 14.9 Å².